The minimum absolute atomic E-state index is 0.0133. The number of ether oxygens (including phenoxy) is 1. The number of nitrogens with one attached hydrogen (secondary N) is 2. The predicted molar refractivity (Wildman–Crippen MR) is 90.4 cm³/mol. The monoisotopic (exact) mass is 315 g/mol. The molecular formula is C16H17N3O2S. The third-order valence-electron chi connectivity index (χ3n) is 2.94. The maximum atomic E-state index is 11.8. The van der Waals surface area contributed by atoms with Gasteiger partial charge in [-0.15, -0.1) is 0 Å². The smallest absolute Gasteiger partial charge is 0.269 e. The Labute approximate surface area is 134 Å². The lowest BCUT2D eigenvalue weighted by Gasteiger charge is -2.08. The van der Waals surface area contributed by atoms with Gasteiger partial charge < -0.3 is 10.5 Å². The Morgan fingerprint density at radius 1 is 1.05 bits per heavy atom. The number of carbonyl (C=O) groups excluding carboxylic acids is 1. The fourth-order valence-corrected chi connectivity index (χ4v) is 1.97. The lowest BCUT2D eigenvalue weighted by molar-refractivity contribution is 0.0944. The average Bonchev–Trinajstić information content (AvgIpc) is 2.54. The molecule has 0 bridgehead atoms. The number of amides is 1. The van der Waals surface area contributed by atoms with Crippen LogP contribution in [0.4, 0.5) is 0 Å². The third-order valence-corrected chi connectivity index (χ3v) is 3.05. The molecule has 0 aliphatic rings. The topological polar surface area (TPSA) is 76.4 Å². The summed E-state index contributed by atoms with van der Waals surface area (Å²) in [4.78, 5) is 11.8. The first-order valence-corrected chi connectivity index (χ1v) is 7.20. The molecule has 2 aromatic rings. The Hall–Kier alpha value is -2.60. The molecule has 0 heterocycles. The molecule has 2 rings (SSSR count). The zero-order valence-electron chi connectivity index (χ0n) is 12.1. The molecule has 6 heteroatoms. The fraction of sp³-hybridized carbons (Fsp3) is 0.125. The van der Waals surface area contributed by atoms with Gasteiger partial charge in [-0.1, -0.05) is 24.3 Å². The molecule has 0 atom stereocenters. The molecule has 1 amide bonds. The molecule has 0 aliphatic carbocycles. The molecule has 4 N–H and O–H groups in total. The summed E-state index contributed by atoms with van der Waals surface area (Å²) in [6.45, 7) is 2.59. The Kier molecular flexibility index (Phi) is 5.32. The predicted octanol–water partition coefficient (Wildman–Crippen LogP) is 2.23. The molecule has 0 aromatic heterocycles. The zero-order chi connectivity index (χ0) is 15.9. The molecule has 0 radical (unpaired) electrons. The second-order valence-corrected chi connectivity index (χ2v) is 4.92. The maximum absolute atomic E-state index is 11.8. The first-order valence-electron chi connectivity index (χ1n) is 6.79. The number of thiocarbonyl (C=S) groups is 1. The highest BCUT2D eigenvalue weighted by Gasteiger charge is 2.05. The minimum Gasteiger partial charge on any atom is -0.494 e. The van der Waals surface area contributed by atoms with Crippen molar-refractivity contribution in [1.82, 2.24) is 10.9 Å². The Balaban J connectivity index is 2.07. The lowest BCUT2D eigenvalue weighted by atomic mass is 10.0. The van der Waals surface area contributed by atoms with E-state index in [0.29, 0.717) is 12.2 Å². The normalized spacial score (nSPS) is 9.86. The average molecular weight is 315 g/mol. The van der Waals surface area contributed by atoms with Gasteiger partial charge in [0, 0.05) is 5.56 Å². The minimum atomic E-state index is -0.300. The van der Waals surface area contributed by atoms with Crippen molar-refractivity contribution in [2.75, 3.05) is 6.61 Å². The van der Waals surface area contributed by atoms with E-state index in [-0.39, 0.29) is 11.0 Å². The summed E-state index contributed by atoms with van der Waals surface area (Å²) in [7, 11) is 0. The molecular weight excluding hydrogens is 298 g/mol. The molecule has 0 spiro atoms. The van der Waals surface area contributed by atoms with Gasteiger partial charge in [0.05, 0.1) is 6.61 Å². The van der Waals surface area contributed by atoms with Crippen LogP contribution in [0.25, 0.3) is 11.1 Å². The fourth-order valence-electron chi connectivity index (χ4n) is 1.91. The van der Waals surface area contributed by atoms with E-state index in [1.165, 1.54) is 0 Å². The van der Waals surface area contributed by atoms with Crippen LogP contribution in [-0.2, 0) is 0 Å². The highest BCUT2D eigenvalue weighted by molar-refractivity contribution is 7.80. The number of hydrogen-bond donors (Lipinski definition) is 3. The van der Waals surface area contributed by atoms with Crippen LogP contribution >= 0.6 is 12.2 Å². The van der Waals surface area contributed by atoms with Gasteiger partial charge in [-0.05, 0) is 54.5 Å². The van der Waals surface area contributed by atoms with Crippen LogP contribution in [0.5, 0.6) is 5.75 Å². The van der Waals surface area contributed by atoms with E-state index in [2.05, 4.69) is 23.1 Å². The van der Waals surface area contributed by atoms with Crippen molar-refractivity contribution in [3.05, 3.63) is 54.1 Å². The van der Waals surface area contributed by atoms with E-state index in [9.17, 15) is 4.79 Å². The number of rotatable bonds is 4. The number of nitrogens with two attached hydrogens (primary N) is 1. The molecule has 0 saturated heterocycles. The van der Waals surface area contributed by atoms with Gasteiger partial charge in [-0.25, -0.2) is 0 Å². The van der Waals surface area contributed by atoms with Crippen molar-refractivity contribution in [3.63, 3.8) is 0 Å². The maximum Gasteiger partial charge on any atom is 0.269 e. The molecule has 2 aromatic carbocycles. The lowest BCUT2D eigenvalue weighted by Crippen LogP contribution is -2.44. The Morgan fingerprint density at radius 3 is 2.09 bits per heavy atom. The Morgan fingerprint density at radius 2 is 1.59 bits per heavy atom. The zero-order valence-corrected chi connectivity index (χ0v) is 12.9. The highest BCUT2D eigenvalue weighted by Crippen LogP contribution is 2.22. The van der Waals surface area contributed by atoms with Crippen LogP contribution < -0.4 is 21.3 Å². The van der Waals surface area contributed by atoms with E-state index >= 15 is 0 Å². The number of hydrogen-bond acceptors (Lipinski definition) is 3. The van der Waals surface area contributed by atoms with Gasteiger partial charge in [0.2, 0.25) is 0 Å². The summed E-state index contributed by atoms with van der Waals surface area (Å²) in [6, 6.07) is 15.0. The third kappa shape index (κ3) is 4.20. The molecule has 114 valence electrons. The van der Waals surface area contributed by atoms with Crippen LogP contribution in [0.15, 0.2) is 48.5 Å². The summed E-state index contributed by atoms with van der Waals surface area (Å²) >= 11 is 4.62. The standard InChI is InChI=1S/C16H17N3O2S/c1-2-21-14-9-7-12(8-10-14)11-3-5-13(6-4-11)15(20)18-19-16(17)22/h3-10H,2H2,1H3,(H,18,20)(H3,17,19,22). The number of hydrazine groups is 1. The van der Waals surface area contributed by atoms with E-state index in [1.54, 1.807) is 12.1 Å². The Bertz CT molecular complexity index is 654. The first-order chi connectivity index (χ1) is 10.6. The highest BCUT2D eigenvalue weighted by atomic mass is 32.1. The second kappa shape index (κ2) is 7.42. The van der Waals surface area contributed by atoms with Crippen molar-refractivity contribution in [1.29, 1.82) is 0 Å². The van der Waals surface area contributed by atoms with Gasteiger partial charge >= 0.3 is 0 Å². The van der Waals surface area contributed by atoms with E-state index < -0.39 is 0 Å². The quantitative estimate of drug-likeness (QED) is 0.596. The molecule has 0 saturated carbocycles. The molecule has 5 nitrogen and oxygen atoms in total. The van der Waals surface area contributed by atoms with Crippen LogP contribution in [0, 0.1) is 0 Å². The van der Waals surface area contributed by atoms with Crippen molar-refractivity contribution >= 4 is 23.2 Å². The van der Waals surface area contributed by atoms with Gasteiger partial charge in [-0.2, -0.15) is 0 Å². The van der Waals surface area contributed by atoms with Crippen LogP contribution in [0.3, 0.4) is 0 Å². The molecule has 0 unspecified atom stereocenters. The van der Waals surface area contributed by atoms with E-state index in [4.69, 9.17) is 10.5 Å². The SMILES string of the molecule is CCOc1ccc(-c2ccc(C(=O)NNC(N)=S)cc2)cc1. The molecule has 22 heavy (non-hydrogen) atoms. The number of carbonyl (C=O) groups is 1. The summed E-state index contributed by atoms with van der Waals surface area (Å²) in [6.07, 6.45) is 0. The summed E-state index contributed by atoms with van der Waals surface area (Å²) < 4.78 is 5.41. The van der Waals surface area contributed by atoms with Crippen LogP contribution in [0.2, 0.25) is 0 Å². The number of benzene rings is 2. The summed E-state index contributed by atoms with van der Waals surface area (Å²) in [5, 5.41) is 0.0133. The van der Waals surface area contributed by atoms with E-state index in [1.807, 2.05) is 43.3 Å². The van der Waals surface area contributed by atoms with Gasteiger partial charge in [0.15, 0.2) is 5.11 Å². The second-order valence-electron chi connectivity index (χ2n) is 4.48. The molecule has 0 fully saturated rings. The summed E-state index contributed by atoms with van der Waals surface area (Å²) in [5.74, 6) is 0.539. The van der Waals surface area contributed by atoms with Crippen molar-refractivity contribution in [3.8, 4) is 16.9 Å². The first kappa shape index (κ1) is 15.8. The van der Waals surface area contributed by atoms with Crippen molar-refractivity contribution in [2.24, 2.45) is 5.73 Å². The summed E-state index contributed by atoms with van der Waals surface area (Å²) in [5.41, 5.74) is 12.6. The van der Waals surface area contributed by atoms with Gasteiger partial charge in [0.1, 0.15) is 5.75 Å². The van der Waals surface area contributed by atoms with Crippen LogP contribution in [-0.4, -0.2) is 17.6 Å². The largest absolute Gasteiger partial charge is 0.494 e. The van der Waals surface area contributed by atoms with Gasteiger partial charge in [-0.3, -0.25) is 15.6 Å². The van der Waals surface area contributed by atoms with Gasteiger partial charge in [0.25, 0.3) is 5.91 Å². The van der Waals surface area contributed by atoms with Crippen molar-refractivity contribution < 1.29 is 9.53 Å². The van der Waals surface area contributed by atoms with Crippen molar-refractivity contribution in [2.45, 2.75) is 6.92 Å². The van der Waals surface area contributed by atoms with E-state index in [0.717, 1.165) is 16.9 Å². The van der Waals surface area contributed by atoms with Crippen LogP contribution in [0.1, 0.15) is 17.3 Å². The molecule has 0 aliphatic heterocycles.